The maximum Gasteiger partial charge on any atom is 0.408 e. The first kappa shape index (κ1) is 9.64. The number of piperidine rings is 1. The van der Waals surface area contributed by atoms with Crippen molar-refractivity contribution in [1.82, 2.24) is 10.2 Å². The van der Waals surface area contributed by atoms with Gasteiger partial charge in [0.15, 0.2) is 0 Å². The van der Waals surface area contributed by atoms with E-state index in [0.717, 1.165) is 4.90 Å². The molecule has 0 bridgehead atoms. The predicted molar refractivity (Wildman–Crippen MR) is 44.5 cm³/mol. The van der Waals surface area contributed by atoms with Crippen molar-refractivity contribution in [3.05, 3.63) is 0 Å². The van der Waals surface area contributed by atoms with E-state index in [0.29, 0.717) is 13.0 Å². The fourth-order valence-corrected chi connectivity index (χ4v) is 2.29. The first-order valence-electron chi connectivity index (χ1n) is 4.59. The molecule has 2 aliphatic rings. The Kier molecular flexibility index (Phi) is 1.92. The smallest absolute Gasteiger partial charge is 0.408 e. The molecule has 1 spiro atoms. The normalized spacial score (nSPS) is 35.4. The Balaban J connectivity index is 2.22. The number of amides is 1. The van der Waals surface area contributed by atoms with Crippen molar-refractivity contribution < 1.29 is 18.7 Å². The molecule has 2 rings (SSSR count). The molecule has 1 atom stereocenters. The van der Waals surface area contributed by atoms with E-state index in [1.807, 2.05) is 0 Å². The van der Waals surface area contributed by atoms with Crippen LogP contribution in [0.5, 0.6) is 0 Å². The minimum atomic E-state index is -2.88. The average Bonchev–Trinajstić information content (AvgIpc) is 2.15. The summed E-state index contributed by atoms with van der Waals surface area (Å²) in [6.07, 6.45) is -0.404. The quantitative estimate of drug-likeness (QED) is 0.614. The van der Waals surface area contributed by atoms with Crippen LogP contribution in [-0.4, -0.2) is 47.2 Å². The third kappa shape index (κ3) is 1.03. The Morgan fingerprint density at radius 1 is 1.50 bits per heavy atom. The Bertz CT molecular complexity index is 264. The van der Waals surface area contributed by atoms with Crippen molar-refractivity contribution in [3.8, 4) is 0 Å². The minimum absolute atomic E-state index is 0.0618. The summed E-state index contributed by atoms with van der Waals surface area (Å²) >= 11 is 0. The highest BCUT2D eigenvalue weighted by atomic mass is 19.3. The molecule has 0 aromatic carbocycles. The van der Waals surface area contributed by atoms with Crippen molar-refractivity contribution in [1.29, 1.82) is 0 Å². The third-order valence-corrected chi connectivity index (χ3v) is 3.15. The number of nitrogens with zero attached hydrogens (tertiary/aromatic N) is 1. The van der Waals surface area contributed by atoms with E-state index in [4.69, 9.17) is 5.11 Å². The third-order valence-electron chi connectivity index (χ3n) is 3.15. The SMILES string of the molecule is O=C(O)N1CC(F)(F)C12CCCNC2. The topological polar surface area (TPSA) is 52.6 Å². The van der Waals surface area contributed by atoms with E-state index < -0.39 is 24.1 Å². The second kappa shape index (κ2) is 2.79. The standard InChI is InChI=1S/C8H12F2N2O2/c9-8(10)5-12(6(13)14)7(8)2-1-3-11-4-7/h11H,1-5H2,(H,13,14). The summed E-state index contributed by atoms with van der Waals surface area (Å²) in [4.78, 5) is 11.6. The van der Waals surface area contributed by atoms with Crippen LogP contribution in [0.2, 0.25) is 0 Å². The fourth-order valence-electron chi connectivity index (χ4n) is 2.29. The number of nitrogens with one attached hydrogen (secondary N) is 1. The largest absolute Gasteiger partial charge is 0.465 e. The van der Waals surface area contributed by atoms with Crippen molar-refractivity contribution >= 4 is 6.09 Å². The van der Waals surface area contributed by atoms with Gasteiger partial charge in [0.05, 0.1) is 6.54 Å². The lowest BCUT2D eigenvalue weighted by molar-refractivity contribution is -0.234. The van der Waals surface area contributed by atoms with Crippen molar-refractivity contribution in [2.75, 3.05) is 19.6 Å². The molecule has 1 amide bonds. The van der Waals surface area contributed by atoms with Gasteiger partial charge in [-0.05, 0) is 19.4 Å². The second-order valence-corrected chi connectivity index (χ2v) is 3.89. The number of carbonyl (C=O) groups is 1. The highest BCUT2D eigenvalue weighted by molar-refractivity contribution is 5.68. The molecule has 14 heavy (non-hydrogen) atoms. The van der Waals surface area contributed by atoms with Gasteiger partial charge in [0.2, 0.25) is 0 Å². The summed E-state index contributed by atoms with van der Waals surface area (Å²) in [5, 5.41) is 11.6. The summed E-state index contributed by atoms with van der Waals surface area (Å²) in [6.45, 7) is 0.0849. The van der Waals surface area contributed by atoms with Crippen LogP contribution in [0, 0.1) is 0 Å². The summed E-state index contributed by atoms with van der Waals surface area (Å²) in [5.41, 5.74) is -1.48. The molecule has 0 saturated carbocycles. The molecule has 0 aromatic rings. The zero-order chi connectivity index (χ0) is 10.4. The van der Waals surface area contributed by atoms with Crippen molar-refractivity contribution in [3.63, 3.8) is 0 Å². The number of likely N-dealkylation sites (tertiary alicyclic amines) is 1. The molecular formula is C8H12F2N2O2. The zero-order valence-corrected chi connectivity index (χ0v) is 7.59. The van der Waals surface area contributed by atoms with Gasteiger partial charge in [-0.3, -0.25) is 4.90 Å². The molecule has 2 heterocycles. The van der Waals surface area contributed by atoms with E-state index in [9.17, 15) is 13.6 Å². The lowest BCUT2D eigenvalue weighted by Gasteiger charge is -2.58. The minimum Gasteiger partial charge on any atom is -0.465 e. The molecule has 1 unspecified atom stereocenters. The van der Waals surface area contributed by atoms with Gasteiger partial charge in [-0.15, -0.1) is 0 Å². The van der Waals surface area contributed by atoms with E-state index in [1.165, 1.54) is 0 Å². The number of alkyl halides is 2. The number of hydrogen-bond donors (Lipinski definition) is 2. The van der Waals surface area contributed by atoms with E-state index >= 15 is 0 Å². The van der Waals surface area contributed by atoms with Gasteiger partial charge >= 0.3 is 6.09 Å². The highest BCUT2D eigenvalue weighted by Crippen LogP contribution is 2.48. The van der Waals surface area contributed by atoms with Gasteiger partial charge < -0.3 is 10.4 Å². The molecule has 0 aromatic heterocycles. The van der Waals surface area contributed by atoms with Crippen LogP contribution in [0.4, 0.5) is 13.6 Å². The summed E-state index contributed by atoms with van der Waals surface area (Å²) in [5.74, 6) is -2.88. The first-order valence-corrected chi connectivity index (χ1v) is 4.59. The van der Waals surface area contributed by atoms with Crippen molar-refractivity contribution in [2.45, 2.75) is 24.3 Å². The van der Waals surface area contributed by atoms with Crippen LogP contribution in [0.25, 0.3) is 0 Å². The van der Waals surface area contributed by atoms with Gasteiger partial charge in [0.1, 0.15) is 5.54 Å². The summed E-state index contributed by atoms with van der Waals surface area (Å²) in [6, 6.07) is 0. The summed E-state index contributed by atoms with van der Waals surface area (Å²) in [7, 11) is 0. The van der Waals surface area contributed by atoms with Gasteiger partial charge in [-0.2, -0.15) is 0 Å². The highest BCUT2D eigenvalue weighted by Gasteiger charge is 2.68. The molecule has 2 fully saturated rings. The summed E-state index contributed by atoms with van der Waals surface area (Å²) < 4.78 is 26.7. The van der Waals surface area contributed by atoms with Crippen LogP contribution in [0.1, 0.15) is 12.8 Å². The van der Waals surface area contributed by atoms with Gasteiger partial charge in [-0.25, -0.2) is 13.6 Å². The lowest BCUT2D eigenvalue weighted by Crippen LogP contribution is -2.80. The van der Waals surface area contributed by atoms with E-state index in [1.54, 1.807) is 0 Å². The van der Waals surface area contributed by atoms with Crippen molar-refractivity contribution in [2.24, 2.45) is 0 Å². The lowest BCUT2D eigenvalue weighted by atomic mass is 9.75. The molecule has 2 aliphatic heterocycles. The van der Waals surface area contributed by atoms with Gasteiger partial charge in [-0.1, -0.05) is 0 Å². The molecule has 6 heteroatoms. The van der Waals surface area contributed by atoms with Crippen LogP contribution < -0.4 is 5.32 Å². The molecule has 2 N–H and O–H groups in total. The Morgan fingerprint density at radius 2 is 2.21 bits per heavy atom. The number of hydrogen-bond acceptors (Lipinski definition) is 2. The van der Waals surface area contributed by atoms with Crippen LogP contribution >= 0.6 is 0 Å². The zero-order valence-electron chi connectivity index (χ0n) is 7.59. The fraction of sp³-hybridized carbons (Fsp3) is 0.875. The molecule has 2 saturated heterocycles. The predicted octanol–water partition coefficient (Wildman–Crippen LogP) is 0.738. The molecule has 80 valence electrons. The van der Waals surface area contributed by atoms with Crippen LogP contribution in [0.3, 0.4) is 0 Å². The average molecular weight is 206 g/mol. The van der Waals surface area contributed by atoms with Crippen LogP contribution in [0.15, 0.2) is 0 Å². The molecule has 0 radical (unpaired) electrons. The maximum absolute atomic E-state index is 13.3. The monoisotopic (exact) mass is 206 g/mol. The maximum atomic E-state index is 13.3. The number of rotatable bonds is 0. The molecular weight excluding hydrogens is 194 g/mol. The van der Waals surface area contributed by atoms with E-state index in [2.05, 4.69) is 5.32 Å². The molecule has 4 nitrogen and oxygen atoms in total. The Hall–Kier alpha value is -0.910. The number of carboxylic acid groups (broad SMARTS) is 1. The number of halogens is 2. The van der Waals surface area contributed by atoms with Gasteiger partial charge in [0.25, 0.3) is 5.92 Å². The van der Waals surface area contributed by atoms with E-state index in [-0.39, 0.29) is 13.0 Å². The Morgan fingerprint density at radius 3 is 2.64 bits per heavy atom. The molecule has 0 aliphatic carbocycles. The van der Waals surface area contributed by atoms with Gasteiger partial charge in [0, 0.05) is 6.54 Å². The first-order chi connectivity index (χ1) is 6.50. The Labute approximate surface area is 79.9 Å². The second-order valence-electron chi connectivity index (χ2n) is 3.89. The van der Waals surface area contributed by atoms with Crippen LogP contribution in [-0.2, 0) is 0 Å².